The molecule has 1 heterocycles. The van der Waals surface area contributed by atoms with Gasteiger partial charge in [-0.2, -0.15) is 0 Å². The summed E-state index contributed by atoms with van der Waals surface area (Å²) in [6.07, 6.45) is 3.36. The van der Waals surface area contributed by atoms with E-state index in [2.05, 4.69) is 36.5 Å². The predicted octanol–water partition coefficient (Wildman–Crippen LogP) is 4.87. The highest BCUT2D eigenvalue weighted by Gasteiger charge is 2.24. The molecule has 1 unspecified atom stereocenters. The number of carbonyl (C=O) groups is 1. The van der Waals surface area contributed by atoms with E-state index in [0.29, 0.717) is 17.3 Å². The number of nitrogens with zero attached hydrogens (tertiary/aromatic N) is 1. The Morgan fingerprint density at radius 1 is 1.20 bits per heavy atom. The maximum atomic E-state index is 12.7. The van der Waals surface area contributed by atoms with Gasteiger partial charge in [-0.05, 0) is 68.0 Å². The third-order valence-corrected chi connectivity index (χ3v) is 6.25. The normalized spacial score (nSPS) is 20.1. The minimum atomic E-state index is -0.327. The van der Waals surface area contributed by atoms with E-state index in [4.69, 9.17) is 11.6 Å². The van der Waals surface area contributed by atoms with Gasteiger partial charge in [-0.1, -0.05) is 39.7 Å². The molecule has 2 aromatic carbocycles. The van der Waals surface area contributed by atoms with Crippen LogP contribution in [0.1, 0.15) is 43.1 Å². The number of rotatable bonds is 5. The van der Waals surface area contributed by atoms with Crippen LogP contribution >= 0.6 is 27.5 Å². The number of carbonyl (C=O) groups excluding carboxylic acids is 1. The summed E-state index contributed by atoms with van der Waals surface area (Å²) < 4.78 is 1.01. The lowest BCUT2D eigenvalue weighted by molar-refractivity contribution is 0.117. The Morgan fingerprint density at radius 2 is 1.93 bits per heavy atom. The SMILES string of the molecule is O=C(NC(Cc1ccc(Br)cc1)c1nc2cc(Cl)ccc2[nH]1)N[C@H]1CC[C@H](O)CC1. The number of benzene rings is 2. The Bertz CT molecular complexity index is 1020. The van der Waals surface area contributed by atoms with Gasteiger partial charge in [-0.15, -0.1) is 0 Å². The Labute approximate surface area is 188 Å². The van der Waals surface area contributed by atoms with Gasteiger partial charge in [0.15, 0.2) is 0 Å². The minimum absolute atomic E-state index is 0.0798. The molecule has 1 aromatic heterocycles. The van der Waals surface area contributed by atoms with Gasteiger partial charge in [-0.25, -0.2) is 9.78 Å². The lowest BCUT2D eigenvalue weighted by atomic mass is 9.93. The van der Waals surface area contributed by atoms with Gasteiger partial charge >= 0.3 is 6.03 Å². The highest BCUT2D eigenvalue weighted by Crippen LogP contribution is 2.23. The average Bonchev–Trinajstić information content (AvgIpc) is 3.14. The highest BCUT2D eigenvalue weighted by molar-refractivity contribution is 9.10. The van der Waals surface area contributed by atoms with Gasteiger partial charge in [0.1, 0.15) is 5.82 Å². The second-order valence-electron chi connectivity index (χ2n) is 7.79. The summed E-state index contributed by atoms with van der Waals surface area (Å²) in [6.45, 7) is 0. The van der Waals surface area contributed by atoms with Crippen molar-refractivity contribution in [1.29, 1.82) is 0 Å². The molecule has 0 spiro atoms. The molecule has 158 valence electrons. The number of nitrogens with one attached hydrogen (secondary N) is 3. The number of H-pyrrole nitrogens is 1. The molecule has 0 radical (unpaired) electrons. The number of hydrogen-bond donors (Lipinski definition) is 4. The highest BCUT2D eigenvalue weighted by atomic mass is 79.9. The van der Waals surface area contributed by atoms with E-state index < -0.39 is 0 Å². The number of fused-ring (bicyclic) bond motifs is 1. The predicted molar refractivity (Wildman–Crippen MR) is 122 cm³/mol. The number of amides is 2. The number of hydrogen-bond acceptors (Lipinski definition) is 3. The molecule has 1 fully saturated rings. The summed E-state index contributed by atoms with van der Waals surface area (Å²) in [5.41, 5.74) is 2.73. The maximum absolute atomic E-state index is 12.7. The first kappa shape index (κ1) is 21.2. The zero-order valence-corrected chi connectivity index (χ0v) is 18.7. The van der Waals surface area contributed by atoms with Crippen molar-refractivity contribution in [1.82, 2.24) is 20.6 Å². The molecule has 1 atom stereocenters. The average molecular weight is 492 g/mol. The van der Waals surface area contributed by atoms with Crippen molar-refractivity contribution < 1.29 is 9.90 Å². The number of imidazole rings is 1. The van der Waals surface area contributed by atoms with Crippen molar-refractivity contribution in [3.63, 3.8) is 0 Å². The van der Waals surface area contributed by atoms with Gasteiger partial charge in [0, 0.05) is 15.5 Å². The smallest absolute Gasteiger partial charge is 0.315 e. The van der Waals surface area contributed by atoms with Crippen LogP contribution in [0.3, 0.4) is 0 Å². The monoisotopic (exact) mass is 490 g/mol. The van der Waals surface area contributed by atoms with Gasteiger partial charge in [0.05, 0.1) is 23.2 Å². The molecule has 4 N–H and O–H groups in total. The molecule has 4 rings (SSSR count). The first-order chi connectivity index (χ1) is 14.5. The standard InChI is InChI=1S/C22H24BrClN4O2/c23-14-3-1-13(2-4-14)11-20(21-26-18-10-5-15(24)12-19(18)27-21)28-22(30)25-16-6-8-17(29)9-7-16/h1-5,10,12,16-17,20,29H,6-9,11H2,(H,26,27)(H2,25,28,30)/t16-,17-,20?. The zero-order valence-electron chi connectivity index (χ0n) is 16.4. The lowest BCUT2D eigenvalue weighted by Crippen LogP contribution is -2.45. The Hall–Kier alpha value is -2.09. The van der Waals surface area contributed by atoms with Crippen LogP contribution in [0.2, 0.25) is 5.02 Å². The molecule has 8 heteroatoms. The molecular weight excluding hydrogens is 468 g/mol. The molecule has 6 nitrogen and oxygen atoms in total. The van der Waals surface area contributed by atoms with Gasteiger partial charge < -0.3 is 20.7 Å². The number of aromatic amines is 1. The zero-order chi connectivity index (χ0) is 21.1. The van der Waals surface area contributed by atoms with Crippen molar-refractivity contribution in [2.24, 2.45) is 0 Å². The van der Waals surface area contributed by atoms with Crippen LogP contribution in [-0.4, -0.2) is 33.3 Å². The van der Waals surface area contributed by atoms with E-state index in [1.165, 1.54) is 0 Å². The van der Waals surface area contributed by atoms with E-state index in [-0.39, 0.29) is 24.2 Å². The van der Waals surface area contributed by atoms with Crippen molar-refractivity contribution in [3.05, 3.63) is 63.3 Å². The topological polar surface area (TPSA) is 90.0 Å². The van der Waals surface area contributed by atoms with E-state index >= 15 is 0 Å². The molecule has 3 aromatic rings. The fourth-order valence-electron chi connectivity index (χ4n) is 3.84. The van der Waals surface area contributed by atoms with Crippen molar-refractivity contribution in [2.45, 2.75) is 50.3 Å². The summed E-state index contributed by atoms with van der Waals surface area (Å²) in [7, 11) is 0. The lowest BCUT2D eigenvalue weighted by Gasteiger charge is -2.27. The maximum Gasteiger partial charge on any atom is 0.315 e. The quantitative estimate of drug-likeness (QED) is 0.411. The first-order valence-corrected chi connectivity index (χ1v) is 11.3. The van der Waals surface area contributed by atoms with E-state index in [0.717, 1.165) is 46.8 Å². The molecule has 1 saturated carbocycles. The van der Waals surface area contributed by atoms with Crippen LogP contribution in [0.15, 0.2) is 46.9 Å². The molecule has 1 aliphatic rings. The molecule has 0 bridgehead atoms. The van der Waals surface area contributed by atoms with E-state index in [9.17, 15) is 9.90 Å². The number of aliphatic hydroxyl groups is 1. The Balaban J connectivity index is 1.52. The van der Waals surface area contributed by atoms with E-state index in [1.807, 2.05) is 36.4 Å². The molecule has 30 heavy (non-hydrogen) atoms. The second-order valence-corrected chi connectivity index (χ2v) is 9.14. The van der Waals surface area contributed by atoms with Crippen LogP contribution in [0.25, 0.3) is 11.0 Å². The summed E-state index contributed by atoms with van der Waals surface area (Å²) in [6, 6.07) is 13.1. The van der Waals surface area contributed by atoms with Crippen molar-refractivity contribution >= 4 is 44.6 Å². The fourth-order valence-corrected chi connectivity index (χ4v) is 4.27. The fraction of sp³-hybridized carbons (Fsp3) is 0.364. The Kier molecular flexibility index (Phi) is 6.61. The third-order valence-electron chi connectivity index (χ3n) is 5.48. The van der Waals surface area contributed by atoms with Gasteiger partial charge in [-0.3, -0.25) is 0 Å². The van der Waals surface area contributed by atoms with Gasteiger partial charge in [0.2, 0.25) is 0 Å². The number of halogens is 2. The van der Waals surface area contributed by atoms with Crippen LogP contribution in [0.5, 0.6) is 0 Å². The third kappa shape index (κ3) is 5.33. The molecule has 1 aliphatic carbocycles. The Morgan fingerprint density at radius 3 is 2.67 bits per heavy atom. The van der Waals surface area contributed by atoms with Crippen molar-refractivity contribution in [3.8, 4) is 0 Å². The summed E-state index contributed by atoms with van der Waals surface area (Å²) in [5, 5.41) is 16.4. The molecule has 0 aliphatic heterocycles. The minimum Gasteiger partial charge on any atom is -0.393 e. The molecular formula is C22H24BrClN4O2. The van der Waals surface area contributed by atoms with Crippen LogP contribution < -0.4 is 10.6 Å². The summed E-state index contributed by atoms with van der Waals surface area (Å²) in [4.78, 5) is 20.7. The summed E-state index contributed by atoms with van der Waals surface area (Å²) in [5.74, 6) is 0.685. The number of urea groups is 1. The van der Waals surface area contributed by atoms with Crippen LogP contribution in [-0.2, 0) is 6.42 Å². The molecule has 2 amide bonds. The van der Waals surface area contributed by atoms with Crippen LogP contribution in [0, 0.1) is 0 Å². The summed E-state index contributed by atoms with van der Waals surface area (Å²) >= 11 is 9.56. The first-order valence-electron chi connectivity index (χ1n) is 10.1. The van der Waals surface area contributed by atoms with Crippen molar-refractivity contribution in [2.75, 3.05) is 0 Å². The number of aliphatic hydroxyl groups excluding tert-OH is 1. The van der Waals surface area contributed by atoms with Gasteiger partial charge in [0.25, 0.3) is 0 Å². The van der Waals surface area contributed by atoms with E-state index in [1.54, 1.807) is 6.07 Å². The second kappa shape index (κ2) is 9.37. The van der Waals surface area contributed by atoms with Crippen LogP contribution in [0.4, 0.5) is 4.79 Å². The number of aromatic nitrogens is 2. The molecule has 0 saturated heterocycles. The largest absolute Gasteiger partial charge is 0.393 e.